The summed E-state index contributed by atoms with van der Waals surface area (Å²) in [5.41, 5.74) is 5.87. The molecule has 0 saturated carbocycles. The molecule has 0 radical (unpaired) electrons. The van der Waals surface area contributed by atoms with Crippen molar-refractivity contribution in [2.75, 3.05) is 6.54 Å². The summed E-state index contributed by atoms with van der Waals surface area (Å²) >= 11 is 0. The first-order valence-corrected chi connectivity index (χ1v) is 5.91. The first kappa shape index (κ1) is 14.3. The van der Waals surface area contributed by atoms with Crippen LogP contribution in [0, 0.1) is 0 Å². The summed E-state index contributed by atoms with van der Waals surface area (Å²) in [4.78, 5) is 11.3. The van der Waals surface area contributed by atoms with Gasteiger partial charge in [-0.15, -0.1) is 0 Å². The van der Waals surface area contributed by atoms with Crippen molar-refractivity contribution >= 4 is 12.2 Å². The van der Waals surface area contributed by atoms with Crippen LogP contribution in [0.2, 0.25) is 0 Å². The Labute approximate surface area is 108 Å². The van der Waals surface area contributed by atoms with Gasteiger partial charge in [0.05, 0.1) is 0 Å². The van der Waals surface area contributed by atoms with Gasteiger partial charge in [0.2, 0.25) is 0 Å². The van der Waals surface area contributed by atoms with Crippen molar-refractivity contribution < 1.29 is 9.53 Å². The van der Waals surface area contributed by atoms with Gasteiger partial charge in [0.15, 0.2) is 0 Å². The molecule has 0 aromatic heterocycles. The molecule has 4 heteroatoms. The molecule has 0 atom stereocenters. The zero-order valence-corrected chi connectivity index (χ0v) is 11.1. The van der Waals surface area contributed by atoms with Crippen molar-refractivity contribution in [1.29, 1.82) is 0 Å². The van der Waals surface area contributed by atoms with Crippen LogP contribution in [0.1, 0.15) is 26.3 Å². The predicted octanol–water partition coefficient (Wildman–Crippen LogP) is 2.73. The third-order valence-electron chi connectivity index (χ3n) is 1.92. The van der Waals surface area contributed by atoms with Crippen LogP contribution in [0.5, 0.6) is 0 Å². The fourth-order valence-corrected chi connectivity index (χ4v) is 1.24. The lowest BCUT2D eigenvalue weighted by Gasteiger charge is -2.19. The summed E-state index contributed by atoms with van der Waals surface area (Å²) in [6.07, 6.45) is 3.42. The average Bonchev–Trinajstić information content (AvgIpc) is 2.27. The Bertz CT molecular complexity index is 394. The van der Waals surface area contributed by atoms with Gasteiger partial charge in [-0.05, 0) is 26.3 Å². The number of nitrogens with one attached hydrogen (secondary N) is 2. The maximum absolute atomic E-state index is 11.3. The summed E-state index contributed by atoms with van der Waals surface area (Å²) in [5, 5.41) is 0. The van der Waals surface area contributed by atoms with E-state index >= 15 is 0 Å². The molecule has 18 heavy (non-hydrogen) atoms. The highest BCUT2D eigenvalue weighted by Crippen LogP contribution is 2.05. The van der Waals surface area contributed by atoms with Gasteiger partial charge in [0, 0.05) is 6.54 Å². The van der Waals surface area contributed by atoms with Gasteiger partial charge >= 0.3 is 6.09 Å². The third-order valence-corrected chi connectivity index (χ3v) is 1.92. The van der Waals surface area contributed by atoms with Crippen LogP contribution in [-0.4, -0.2) is 18.2 Å². The predicted molar refractivity (Wildman–Crippen MR) is 72.8 cm³/mol. The standard InChI is InChI=1S/C14H20N2O2/c1-14(2,3)18-13(17)16-15-11-7-10-12-8-5-4-6-9-12/h4-10,15H,11H2,1-3H3,(H,16,17)/b10-7+. The van der Waals surface area contributed by atoms with Gasteiger partial charge < -0.3 is 4.74 Å². The van der Waals surface area contributed by atoms with Crippen molar-refractivity contribution in [3.8, 4) is 0 Å². The van der Waals surface area contributed by atoms with E-state index in [1.807, 2.05) is 63.3 Å². The van der Waals surface area contributed by atoms with E-state index in [0.29, 0.717) is 6.54 Å². The summed E-state index contributed by atoms with van der Waals surface area (Å²) in [6, 6.07) is 9.95. The topological polar surface area (TPSA) is 50.4 Å². The first-order chi connectivity index (χ1) is 8.47. The summed E-state index contributed by atoms with van der Waals surface area (Å²) in [5.74, 6) is 0. The molecule has 2 N–H and O–H groups in total. The highest BCUT2D eigenvalue weighted by atomic mass is 16.6. The summed E-state index contributed by atoms with van der Waals surface area (Å²) in [6.45, 7) is 6.00. The van der Waals surface area contributed by atoms with Gasteiger partial charge in [0.1, 0.15) is 5.60 Å². The van der Waals surface area contributed by atoms with E-state index in [2.05, 4.69) is 10.9 Å². The van der Waals surface area contributed by atoms with E-state index < -0.39 is 11.7 Å². The number of rotatable bonds is 4. The van der Waals surface area contributed by atoms with E-state index in [1.165, 1.54) is 0 Å². The van der Waals surface area contributed by atoms with Gasteiger partial charge in [-0.1, -0.05) is 42.5 Å². The number of carbonyl (C=O) groups excluding carboxylic acids is 1. The molecule has 0 saturated heterocycles. The van der Waals surface area contributed by atoms with Crippen LogP contribution in [0.3, 0.4) is 0 Å². The highest BCUT2D eigenvalue weighted by Gasteiger charge is 2.15. The smallest absolute Gasteiger partial charge is 0.422 e. The summed E-state index contributed by atoms with van der Waals surface area (Å²) in [7, 11) is 0. The van der Waals surface area contributed by atoms with E-state index in [0.717, 1.165) is 5.56 Å². The number of benzene rings is 1. The van der Waals surface area contributed by atoms with Gasteiger partial charge in [-0.3, -0.25) is 5.43 Å². The lowest BCUT2D eigenvalue weighted by Crippen LogP contribution is -2.41. The monoisotopic (exact) mass is 248 g/mol. The second-order valence-electron chi connectivity index (χ2n) is 4.82. The van der Waals surface area contributed by atoms with Gasteiger partial charge in [-0.2, -0.15) is 0 Å². The van der Waals surface area contributed by atoms with E-state index in [9.17, 15) is 4.79 Å². The maximum Gasteiger partial charge on any atom is 0.422 e. The molecule has 0 bridgehead atoms. The number of carbonyl (C=O) groups is 1. The lowest BCUT2D eigenvalue weighted by atomic mass is 10.2. The summed E-state index contributed by atoms with van der Waals surface area (Å²) < 4.78 is 5.07. The largest absolute Gasteiger partial charge is 0.443 e. The Balaban J connectivity index is 2.19. The minimum atomic E-state index is -0.481. The van der Waals surface area contributed by atoms with E-state index in [1.54, 1.807) is 0 Å². The molecule has 0 aliphatic rings. The second-order valence-corrected chi connectivity index (χ2v) is 4.82. The highest BCUT2D eigenvalue weighted by molar-refractivity contribution is 5.67. The minimum absolute atomic E-state index is 0.476. The number of amides is 1. The number of hydrogen-bond acceptors (Lipinski definition) is 3. The van der Waals surface area contributed by atoms with Crippen molar-refractivity contribution in [1.82, 2.24) is 10.9 Å². The SMILES string of the molecule is CC(C)(C)OC(=O)NNC/C=C/c1ccccc1. The normalized spacial score (nSPS) is 11.5. The Morgan fingerprint density at radius 2 is 1.94 bits per heavy atom. The molecule has 1 aromatic rings. The second kappa shape index (κ2) is 6.81. The lowest BCUT2D eigenvalue weighted by molar-refractivity contribution is 0.0501. The fraction of sp³-hybridized carbons (Fsp3) is 0.357. The number of hydrazine groups is 1. The molecule has 98 valence electrons. The van der Waals surface area contributed by atoms with Crippen LogP contribution in [0.4, 0.5) is 4.79 Å². The van der Waals surface area contributed by atoms with Gasteiger partial charge in [0.25, 0.3) is 0 Å². The van der Waals surface area contributed by atoms with Gasteiger partial charge in [-0.25, -0.2) is 10.2 Å². The third kappa shape index (κ3) is 6.70. The molecule has 0 heterocycles. The Kier molecular flexibility index (Phi) is 5.39. The van der Waals surface area contributed by atoms with E-state index in [-0.39, 0.29) is 0 Å². The molecule has 4 nitrogen and oxygen atoms in total. The number of ether oxygens (including phenoxy) is 1. The Morgan fingerprint density at radius 1 is 1.28 bits per heavy atom. The van der Waals surface area contributed by atoms with Crippen LogP contribution in [-0.2, 0) is 4.74 Å². The minimum Gasteiger partial charge on any atom is -0.443 e. The molecular formula is C14H20N2O2. The molecule has 1 rings (SSSR count). The molecule has 1 aromatic carbocycles. The fourth-order valence-electron chi connectivity index (χ4n) is 1.24. The zero-order chi connectivity index (χ0) is 13.4. The van der Waals surface area contributed by atoms with Crippen LogP contribution >= 0.6 is 0 Å². The van der Waals surface area contributed by atoms with Crippen molar-refractivity contribution in [2.24, 2.45) is 0 Å². The average molecular weight is 248 g/mol. The van der Waals surface area contributed by atoms with Crippen molar-refractivity contribution in [3.05, 3.63) is 42.0 Å². The molecule has 0 unspecified atom stereocenters. The Hall–Kier alpha value is -1.81. The van der Waals surface area contributed by atoms with Crippen LogP contribution < -0.4 is 10.9 Å². The molecule has 0 fully saturated rings. The zero-order valence-electron chi connectivity index (χ0n) is 11.1. The van der Waals surface area contributed by atoms with E-state index in [4.69, 9.17) is 4.74 Å². The molecule has 0 aliphatic carbocycles. The molecule has 1 amide bonds. The first-order valence-electron chi connectivity index (χ1n) is 5.91. The van der Waals surface area contributed by atoms with Crippen LogP contribution in [0.25, 0.3) is 6.08 Å². The number of hydrogen-bond donors (Lipinski definition) is 2. The Morgan fingerprint density at radius 3 is 2.56 bits per heavy atom. The van der Waals surface area contributed by atoms with Crippen LogP contribution in [0.15, 0.2) is 36.4 Å². The molecular weight excluding hydrogens is 228 g/mol. The maximum atomic E-state index is 11.3. The molecule has 0 spiro atoms. The van der Waals surface area contributed by atoms with Crippen molar-refractivity contribution in [3.63, 3.8) is 0 Å². The molecule has 0 aliphatic heterocycles. The van der Waals surface area contributed by atoms with Crippen molar-refractivity contribution in [2.45, 2.75) is 26.4 Å². The quantitative estimate of drug-likeness (QED) is 0.636.